The van der Waals surface area contributed by atoms with Crippen LogP contribution >= 0.6 is 0 Å². The number of Topliss-reactive ketones (excluding diaryl/α,β-unsaturated/α-hetero) is 1. The summed E-state index contributed by atoms with van der Waals surface area (Å²) in [6, 6.07) is 0. The van der Waals surface area contributed by atoms with Gasteiger partial charge in [0.2, 0.25) is 0 Å². The fraction of sp³-hybridized carbons (Fsp3) is 0.848. The number of ketones is 1. The summed E-state index contributed by atoms with van der Waals surface area (Å²) in [6.07, 6.45) is 11.9. The Morgan fingerprint density at radius 2 is 1.47 bits per heavy atom. The number of hydrogen-bond acceptors (Lipinski definition) is 12. The minimum absolute atomic E-state index is 0.0335. The molecular formula is C46H83NO12Si. The fourth-order valence-electron chi connectivity index (χ4n) is 8.32. The van der Waals surface area contributed by atoms with Gasteiger partial charge in [-0.1, -0.05) is 59.1 Å². The number of fused-ring (bicyclic) bond motifs is 1. The molecule has 0 aliphatic carbocycles. The van der Waals surface area contributed by atoms with Crippen LogP contribution in [0, 0.1) is 17.8 Å². The van der Waals surface area contributed by atoms with Crippen molar-refractivity contribution in [2.45, 2.75) is 182 Å². The molecule has 1 amide bonds. The van der Waals surface area contributed by atoms with E-state index in [-0.39, 0.29) is 61.0 Å². The minimum atomic E-state index is -3.30. The molecule has 0 radical (unpaired) electrons. The Bertz CT molecular complexity index is 1290. The van der Waals surface area contributed by atoms with Crippen LogP contribution in [0.1, 0.15) is 152 Å². The lowest BCUT2D eigenvalue weighted by Gasteiger charge is -2.34. The van der Waals surface area contributed by atoms with Crippen molar-refractivity contribution in [3.8, 4) is 0 Å². The maximum Gasteiger partial charge on any atom is 0.533 e. The van der Waals surface area contributed by atoms with Gasteiger partial charge in [0.1, 0.15) is 12.6 Å². The predicted molar refractivity (Wildman–Crippen MR) is 235 cm³/mol. The van der Waals surface area contributed by atoms with Crippen LogP contribution in [0.2, 0.25) is 0 Å². The van der Waals surface area contributed by atoms with Crippen LogP contribution in [0.25, 0.3) is 0 Å². The summed E-state index contributed by atoms with van der Waals surface area (Å²) in [5.41, 5.74) is 1.06. The van der Waals surface area contributed by atoms with Gasteiger partial charge in [0.25, 0.3) is 5.91 Å². The van der Waals surface area contributed by atoms with Crippen LogP contribution in [0.4, 0.5) is 0 Å². The van der Waals surface area contributed by atoms with Crippen molar-refractivity contribution >= 4 is 26.5 Å². The summed E-state index contributed by atoms with van der Waals surface area (Å²) in [4.78, 5) is 39.9. The Balaban J connectivity index is 2.55. The van der Waals surface area contributed by atoms with Crippen molar-refractivity contribution in [1.82, 2.24) is 5.32 Å². The number of esters is 1. The highest BCUT2D eigenvalue weighted by Gasteiger charge is 2.48. The molecule has 0 unspecified atom stereocenters. The molecule has 1 N–H and O–H groups in total. The molecule has 2 rings (SSSR count). The molecule has 2 aliphatic heterocycles. The van der Waals surface area contributed by atoms with Gasteiger partial charge in [-0.15, -0.1) is 0 Å². The van der Waals surface area contributed by atoms with Crippen LogP contribution in [0.3, 0.4) is 0 Å². The van der Waals surface area contributed by atoms with Crippen LogP contribution in [0.15, 0.2) is 22.9 Å². The number of nitrogens with one attached hydrogen (secondary N) is 1. The molecule has 0 aromatic heterocycles. The van der Waals surface area contributed by atoms with Gasteiger partial charge >= 0.3 is 14.8 Å². The fourth-order valence-corrected chi connectivity index (χ4v) is 11.3. The largest absolute Gasteiger partial charge is 0.533 e. The third kappa shape index (κ3) is 19.2. The highest BCUT2D eigenvalue weighted by molar-refractivity contribution is 6.69. The first-order valence-corrected chi connectivity index (χ1v) is 24.7. The van der Waals surface area contributed by atoms with E-state index in [4.69, 9.17) is 41.7 Å². The SMILES string of the molecule is CCC[C@@H]1OC(=O)[C@@H](C)C[C@H](C)CCCCC(=O)CCC[C@@H](CC)/C([Si](OCC)(OCC)OCC)=C/C=C(\COC)CC[C@H]2OC(C)(C)O[C@H]2C[C@H](OCOC)CNC1=O. The number of carbonyl (C=O) groups is 3. The molecule has 60 heavy (non-hydrogen) atoms. The minimum Gasteiger partial charge on any atom is -0.452 e. The molecule has 0 bridgehead atoms. The monoisotopic (exact) mass is 870 g/mol. The molecule has 0 aromatic carbocycles. The first kappa shape index (κ1) is 54.1. The Morgan fingerprint density at radius 3 is 2.08 bits per heavy atom. The van der Waals surface area contributed by atoms with E-state index in [1.807, 2.05) is 48.5 Å². The zero-order valence-electron chi connectivity index (χ0n) is 39.2. The lowest BCUT2D eigenvalue weighted by atomic mass is 9.92. The second kappa shape index (κ2) is 29.4. The van der Waals surface area contributed by atoms with Gasteiger partial charge in [0.05, 0.1) is 30.8 Å². The zero-order valence-corrected chi connectivity index (χ0v) is 40.2. The van der Waals surface area contributed by atoms with Gasteiger partial charge in [0.15, 0.2) is 11.9 Å². The van der Waals surface area contributed by atoms with Gasteiger partial charge in [-0.25, -0.2) is 0 Å². The highest BCUT2D eigenvalue weighted by atomic mass is 28.4. The average Bonchev–Trinajstić information content (AvgIpc) is 3.50. The standard InChI is InChI=1S/C46H83NO12Si/c1-12-20-41-44(49)47-31-39(53-33-52-11)30-42-40(58-46(8,9)59-42)27-25-36(32-51-10)26-28-43(60(54-14-3,55-15-4)56-16-5)37(13-2)22-19-24-38(48)23-18-17-21-34(6)29-35(7)45(50)57-41/h26,28,34-35,37,39-42H,12-25,27,29-33H2,1-11H3,(H,47,49)/b36-26-,43-28-/t34-,35+,37-,39+,40-,41+,42+/m1/s1. The Morgan fingerprint density at radius 1 is 0.800 bits per heavy atom. The van der Waals surface area contributed by atoms with E-state index in [9.17, 15) is 14.4 Å². The number of ether oxygens (including phenoxy) is 6. The number of allylic oxidation sites excluding steroid dienone is 3. The molecule has 1 fully saturated rings. The van der Waals surface area contributed by atoms with Gasteiger partial charge in [0, 0.05) is 65.0 Å². The molecule has 0 saturated carbocycles. The van der Waals surface area contributed by atoms with Gasteiger partial charge in [-0.3, -0.25) is 14.4 Å². The molecule has 0 spiro atoms. The first-order chi connectivity index (χ1) is 28.7. The summed E-state index contributed by atoms with van der Waals surface area (Å²) < 4.78 is 55.3. The molecule has 7 atom stereocenters. The number of carbonyl (C=O) groups excluding carboxylic acids is 3. The molecule has 2 heterocycles. The number of rotatable bonds is 15. The summed E-state index contributed by atoms with van der Waals surface area (Å²) in [6.45, 7) is 19.8. The molecule has 0 aromatic rings. The molecule has 1 saturated heterocycles. The summed E-state index contributed by atoms with van der Waals surface area (Å²) >= 11 is 0. The summed E-state index contributed by atoms with van der Waals surface area (Å²) in [5.74, 6) is -1.29. The third-order valence-electron chi connectivity index (χ3n) is 11.2. The van der Waals surface area contributed by atoms with Crippen molar-refractivity contribution in [2.24, 2.45) is 17.8 Å². The molecule has 13 nitrogen and oxygen atoms in total. The van der Waals surface area contributed by atoms with Gasteiger partial charge < -0.3 is 47.0 Å². The maximum atomic E-state index is 13.5. The van der Waals surface area contributed by atoms with Crippen LogP contribution < -0.4 is 5.32 Å². The average molecular weight is 870 g/mol. The lowest BCUT2D eigenvalue weighted by molar-refractivity contribution is -0.160. The third-order valence-corrected chi connectivity index (χ3v) is 14.5. The number of methoxy groups -OCH3 is 2. The van der Waals surface area contributed by atoms with E-state index >= 15 is 0 Å². The quantitative estimate of drug-likeness (QED) is 0.0956. The van der Waals surface area contributed by atoms with E-state index < -0.39 is 26.8 Å². The summed E-state index contributed by atoms with van der Waals surface area (Å²) in [7, 11) is -0.0503. The van der Waals surface area contributed by atoms with Gasteiger partial charge in [-0.2, -0.15) is 0 Å². The predicted octanol–water partition coefficient (Wildman–Crippen LogP) is 8.58. The van der Waals surface area contributed by atoms with Crippen LogP contribution in [-0.4, -0.2) is 111 Å². The van der Waals surface area contributed by atoms with Crippen molar-refractivity contribution in [1.29, 1.82) is 0 Å². The Kier molecular flexibility index (Phi) is 26.5. The number of cyclic esters (lactones) is 1. The van der Waals surface area contributed by atoms with Crippen molar-refractivity contribution in [2.75, 3.05) is 54.0 Å². The molecule has 14 heteroatoms. The van der Waals surface area contributed by atoms with Crippen molar-refractivity contribution in [3.63, 3.8) is 0 Å². The first-order valence-electron chi connectivity index (χ1n) is 23.0. The van der Waals surface area contributed by atoms with Crippen molar-refractivity contribution in [3.05, 3.63) is 22.9 Å². The van der Waals surface area contributed by atoms with Crippen LogP contribution in [0.5, 0.6) is 0 Å². The van der Waals surface area contributed by atoms with E-state index in [2.05, 4.69) is 31.3 Å². The Hall–Kier alpha value is -2.01. The van der Waals surface area contributed by atoms with Crippen molar-refractivity contribution < 1.29 is 56.1 Å². The maximum absolute atomic E-state index is 13.5. The highest BCUT2D eigenvalue weighted by Crippen LogP contribution is 2.36. The zero-order chi connectivity index (χ0) is 44.6. The number of hydrogen-bond donors (Lipinski definition) is 1. The Labute approximate surface area is 364 Å². The molecule has 2 aliphatic rings. The van der Waals surface area contributed by atoms with E-state index in [1.165, 1.54) is 0 Å². The second-order valence-corrected chi connectivity index (χ2v) is 19.5. The number of amides is 1. The second-order valence-electron chi connectivity index (χ2n) is 16.9. The molecular weight excluding hydrogens is 787 g/mol. The van der Waals surface area contributed by atoms with E-state index in [1.54, 1.807) is 14.2 Å². The van der Waals surface area contributed by atoms with Gasteiger partial charge in [-0.05, 0) is 103 Å². The normalized spacial score (nSPS) is 29.9. The topological polar surface area (TPSA) is 146 Å². The molecule has 348 valence electrons. The van der Waals surface area contributed by atoms with Crippen LogP contribution in [-0.2, 0) is 56.1 Å². The smallest absolute Gasteiger partial charge is 0.452 e. The van der Waals surface area contributed by atoms with E-state index in [0.717, 1.165) is 49.3 Å². The lowest BCUT2D eigenvalue weighted by Crippen LogP contribution is -2.50. The summed E-state index contributed by atoms with van der Waals surface area (Å²) in [5, 5.41) is 4.02. The van der Waals surface area contributed by atoms with E-state index in [0.29, 0.717) is 77.8 Å².